The zero-order chi connectivity index (χ0) is 17.1. The van der Waals surface area contributed by atoms with E-state index in [2.05, 4.69) is 15.0 Å². The number of H-pyrrole nitrogens is 1. The second-order valence-electron chi connectivity index (χ2n) is 5.77. The summed E-state index contributed by atoms with van der Waals surface area (Å²) in [5.74, 6) is 1.34. The number of para-hydroxylation sites is 2. The molecule has 1 fully saturated rings. The monoisotopic (exact) mass is 354 g/mol. The zero-order valence-electron chi connectivity index (χ0n) is 13.6. The van der Waals surface area contributed by atoms with Crippen LogP contribution in [0.4, 0.5) is 0 Å². The second-order valence-corrected chi connectivity index (χ2v) is 6.77. The number of nitrogens with one attached hydrogen (secondary N) is 1. The van der Waals surface area contributed by atoms with E-state index in [1.54, 1.807) is 6.20 Å². The minimum atomic E-state index is 0.136. The third-order valence-electron chi connectivity index (χ3n) is 4.11. The fourth-order valence-corrected chi connectivity index (χ4v) is 3.48. The molecular formula is C18H18N4O2S. The maximum absolute atomic E-state index is 12.2. The van der Waals surface area contributed by atoms with Gasteiger partial charge in [0.05, 0.1) is 35.0 Å². The number of carbonyl (C=O) groups is 1. The number of amides is 1. The van der Waals surface area contributed by atoms with Gasteiger partial charge in [0.1, 0.15) is 5.82 Å². The van der Waals surface area contributed by atoms with Gasteiger partial charge in [0.2, 0.25) is 5.91 Å². The molecule has 1 N–H and O–H groups in total. The molecule has 128 valence electrons. The first-order valence-electron chi connectivity index (χ1n) is 8.19. The number of rotatable bonds is 4. The van der Waals surface area contributed by atoms with Crippen molar-refractivity contribution in [3.05, 3.63) is 42.6 Å². The van der Waals surface area contributed by atoms with E-state index < -0.39 is 0 Å². The maximum atomic E-state index is 12.2. The Morgan fingerprint density at radius 1 is 1.20 bits per heavy atom. The van der Waals surface area contributed by atoms with Crippen molar-refractivity contribution in [3.63, 3.8) is 0 Å². The molecule has 25 heavy (non-hydrogen) atoms. The number of morpholine rings is 1. The predicted octanol–water partition coefficient (Wildman–Crippen LogP) is 2.58. The molecule has 0 bridgehead atoms. The Bertz CT molecular complexity index is 839. The Balaban J connectivity index is 1.40. The summed E-state index contributed by atoms with van der Waals surface area (Å²) in [4.78, 5) is 26.3. The zero-order valence-corrected chi connectivity index (χ0v) is 14.5. The lowest BCUT2D eigenvalue weighted by molar-refractivity contribution is -0.132. The topological polar surface area (TPSA) is 71.1 Å². The molecule has 3 aromatic rings. The van der Waals surface area contributed by atoms with Crippen LogP contribution in [-0.4, -0.2) is 57.8 Å². The van der Waals surface area contributed by atoms with E-state index in [-0.39, 0.29) is 5.91 Å². The van der Waals surface area contributed by atoms with Gasteiger partial charge in [-0.05, 0) is 24.3 Å². The van der Waals surface area contributed by atoms with E-state index in [9.17, 15) is 4.79 Å². The Kier molecular flexibility index (Phi) is 4.67. The van der Waals surface area contributed by atoms with Gasteiger partial charge < -0.3 is 14.6 Å². The number of aromatic amines is 1. The molecule has 6 nitrogen and oxygen atoms in total. The molecule has 0 aliphatic carbocycles. The van der Waals surface area contributed by atoms with Crippen LogP contribution < -0.4 is 0 Å². The van der Waals surface area contributed by atoms with Gasteiger partial charge in [-0.25, -0.2) is 9.97 Å². The summed E-state index contributed by atoms with van der Waals surface area (Å²) in [6.07, 6.45) is 1.79. The molecule has 1 aromatic carbocycles. The molecule has 3 heterocycles. The lowest BCUT2D eigenvalue weighted by Gasteiger charge is -2.26. The van der Waals surface area contributed by atoms with Gasteiger partial charge >= 0.3 is 0 Å². The van der Waals surface area contributed by atoms with Crippen molar-refractivity contribution in [2.24, 2.45) is 0 Å². The first-order chi connectivity index (χ1) is 12.3. The van der Waals surface area contributed by atoms with Gasteiger partial charge in [0.15, 0.2) is 0 Å². The Morgan fingerprint density at radius 3 is 2.80 bits per heavy atom. The van der Waals surface area contributed by atoms with Gasteiger partial charge in [-0.15, -0.1) is 0 Å². The minimum Gasteiger partial charge on any atom is -0.378 e. The molecule has 4 rings (SSSR count). The van der Waals surface area contributed by atoms with Crippen LogP contribution in [0.3, 0.4) is 0 Å². The highest BCUT2D eigenvalue weighted by Gasteiger charge is 2.17. The van der Waals surface area contributed by atoms with E-state index in [4.69, 9.17) is 4.74 Å². The summed E-state index contributed by atoms with van der Waals surface area (Å²) in [6, 6.07) is 11.8. The number of ether oxygens (including phenoxy) is 1. The SMILES string of the molecule is O=C(CSc1ccc(-c2nc3ccccc3[nH]2)cn1)N1CCOCC1. The van der Waals surface area contributed by atoms with Crippen molar-refractivity contribution in [2.75, 3.05) is 32.1 Å². The van der Waals surface area contributed by atoms with Gasteiger partial charge in [-0.1, -0.05) is 23.9 Å². The average molecular weight is 354 g/mol. The lowest BCUT2D eigenvalue weighted by Crippen LogP contribution is -2.41. The van der Waals surface area contributed by atoms with Crippen LogP contribution in [0.25, 0.3) is 22.4 Å². The van der Waals surface area contributed by atoms with Crippen molar-refractivity contribution < 1.29 is 9.53 Å². The van der Waals surface area contributed by atoms with Gasteiger partial charge in [0.25, 0.3) is 0 Å². The summed E-state index contributed by atoms with van der Waals surface area (Å²) in [5, 5.41) is 0.835. The van der Waals surface area contributed by atoms with E-state index >= 15 is 0 Å². The number of hydrogen-bond acceptors (Lipinski definition) is 5. The third-order valence-corrected chi connectivity index (χ3v) is 5.04. The number of fused-ring (bicyclic) bond motifs is 1. The molecular weight excluding hydrogens is 336 g/mol. The standard InChI is InChI=1S/C18H18N4O2S/c23-17(22-7-9-24-10-8-22)12-25-16-6-5-13(11-19-16)18-20-14-3-1-2-4-15(14)21-18/h1-6,11H,7-10,12H2,(H,20,21). The number of carbonyl (C=O) groups excluding carboxylic acids is 1. The van der Waals surface area contributed by atoms with Gasteiger partial charge in [-0.3, -0.25) is 4.79 Å². The molecule has 0 radical (unpaired) electrons. The van der Waals surface area contributed by atoms with Gasteiger partial charge in [-0.2, -0.15) is 0 Å². The highest BCUT2D eigenvalue weighted by molar-refractivity contribution is 7.99. The molecule has 7 heteroatoms. The highest BCUT2D eigenvalue weighted by Crippen LogP contribution is 2.22. The maximum Gasteiger partial charge on any atom is 0.233 e. The van der Waals surface area contributed by atoms with Crippen LogP contribution in [0.2, 0.25) is 0 Å². The number of aromatic nitrogens is 3. The van der Waals surface area contributed by atoms with Gasteiger partial charge in [0, 0.05) is 24.8 Å². The van der Waals surface area contributed by atoms with Crippen LogP contribution >= 0.6 is 11.8 Å². The minimum absolute atomic E-state index is 0.136. The highest BCUT2D eigenvalue weighted by atomic mass is 32.2. The summed E-state index contributed by atoms with van der Waals surface area (Å²) >= 11 is 1.46. The largest absolute Gasteiger partial charge is 0.378 e. The number of hydrogen-bond donors (Lipinski definition) is 1. The van der Waals surface area contributed by atoms with Crippen LogP contribution in [0.1, 0.15) is 0 Å². The number of pyridine rings is 1. The first-order valence-corrected chi connectivity index (χ1v) is 9.18. The number of benzene rings is 1. The van der Waals surface area contributed by atoms with E-state index in [0.29, 0.717) is 32.1 Å². The molecule has 0 spiro atoms. The molecule has 1 aliphatic heterocycles. The average Bonchev–Trinajstić information content (AvgIpc) is 3.11. The third kappa shape index (κ3) is 3.67. The normalized spacial score (nSPS) is 14.8. The molecule has 2 aromatic heterocycles. The van der Waals surface area contributed by atoms with Crippen LogP contribution in [0.5, 0.6) is 0 Å². The molecule has 0 atom stereocenters. The molecule has 1 aliphatic rings. The number of nitrogens with zero attached hydrogens (tertiary/aromatic N) is 3. The fourth-order valence-electron chi connectivity index (χ4n) is 2.73. The summed E-state index contributed by atoms with van der Waals surface area (Å²) in [6.45, 7) is 2.61. The van der Waals surface area contributed by atoms with Crippen molar-refractivity contribution in [2.45, 2.75) is 5.03 Å². The Morgan fingerprint density at radius 2 is 2.04 bits per heavy atom. The van der Waals surface area contributed by atoms with Crippen LogP contribution in [0.15, 0.2) is 47.6 Å². The summed E-state index contributed by atoms with van der Waals surface area (Å²) < 4.78 is 5.27. The first kappa shape index (κ1) is 16.1. The molecule has 0 unspecified atom stereocenters. The van der Waals surface area contributed by atoms with E-state index in [1.807, 2.05) is 41.3 Å². The Hall–Kier alpha value is -2.38. The second kappa shape index (κ2) is 7.25. The number of imidazole rings is 1. The van der Waals surface area contributed by atoms with Crippen molar-refractivity contribution in [3.8, 4) is 11.4 Å². The quantitative estimate of drug-likeness (QED) is 0.729. The fraction of sp³-hybridized carbons (Fsp3) is 0.278. The lowest BCUT2D eigenvalue weighted by atomic mass is 10.3. The van der Waals surface area contributed by atoms with E-state index in [1.165, 1.54) is 11.8 Å². The van der Waals surface area contributed by atoms with Crippen molar-refractivity contribution in [1.82, 2.24) is 19.9 Å². The molecule has 0 saturated carbocycles. The number of thioether (sulfide) groups is 1. The summed E-state index contributed by atoms with van der Waals surface area (Å²) in [7, 11) is 0. The Labute approximate surface area is 149 Å². The van der Waals surface area contributed by atoms with Crippen LogP contribution in [-0.2, 0) is 9.53 Å². The molecule has 1 saturated heterocycles. The van der Waals surface area contributed by atoms with Crippen LogP contribution in [0, 0.1) is 0 Å². The smallest absolute Gasteiger partial charge is 0.233 e. The molecule has 1 amide bonds. The van der Waals surface area contributed by atoms with E-state index in [0.717, 1.165) is 27.4 Å². The summed E-state index contributed by atoms with van der Waals surface area (Å²) in [5.41, 5.74) is 2.87. The predicted molar refractivity (Wildman–Crippen MR) is 97.4 cm³/mol. The van der Waals surface area contributed by atoms with Crippen molar-refractivity contribution in [1.29, 1.82) is 0 Å². The van der Waals surface area contributed by atoms with Crippen molar-refractivity contribution >= 4 is 28.7 Å².